The van der Waals surface area contributed by atoms with E-state index >= 15 is 0 Å². The fourth-order valence-corrected chi connectivity index (χ4v) is 5.32. The van der Waals surface area contributed by atoms with Gasteiger partial charge in [0.2, 0.25) is 0 Å². The first-order valence-electron chi connectivity index (χ1n) is 11.3. The van der Waals surface area contributed by atoms with Gasteiger partial charge in [-0.1, -0.05) is 36.4 Å². The van der Waals surface area contributed by atoms with Crippen LogP contribution in [0.4, 0.5) is 5.69 Å². The minimum absolute atomic E-state index is 0.0140. The van der Waals surface area contributed by atoms with E-state index in [1.54, 1.807) is 0 Å². The van der Waals surface area contributed by atoms with E-state index in [0.717, 1.165) is 16.5 Å². The minimum Gasteiger partial charge on any atom is -0.351 e. The molecule has 1 saturated heterocycles. The lowest BCUT2D eigenvalue weighted by Gasteiger charge is -2.28. The van der Waals surface area contributed by atoms with Crippen LogP contribution >= 0.6 is 12.2 Å². The van der Waals surface area contributed by atoms with Crippen LogP contribution in [-0.2, 0) is 0 Å². The van der Waals surface area contributed by atoms with E-state index in [0.29, 0.717) is 0 Å². The van der Waals surface area contributed by atoms with Crippen molar-refractivity contribution >= 4 is 23.0 Å². The highest BCUT2D eigenvalue weighted by molar-refractivity contribution is 7.80. The number of rotatable bonds is 4. The van der Waals surface area contributed by atoms with Crippen molar-refractivity contribution in [3.8, 4) is 5.69 Å². The van der Waals surface area contributed by atoms with Crippen LogP contribution in [-0.4, -0.2) is 14.7 Å². The molecule has 0 amide bonds. The summed E-state index contributed by atoms with van der Waals surface area (Å²) in [5, 5.41) is 4.29. The maximum absolute atomic E-state index is 5.87. The van der Waals surface area contributed by atoms with Gasteiger partial charge in [-0.3, -0.25) is 4.98 Å². The number of thiocarbonyl (C=S) groups is 1. The van der Waals surface area contributed by atoms with Gasteiger partial charge in [-0.25, -0.2) is 0 Å². The smallest absolute Gasteiger partial charge is 0.174 e. The van der Waals surface area contributed by atoms with Gasteiger partial charge in [0.05, 0.1) is 17.8 Å². The molecule has 4 nitrogen and oxygen atoms in total. The number of nitrogens with zero attached hydrogens (tertiary/aromatic N) is 3. The number of nitrogens with one attached hydrogen (secondary N) is 1. The monoisotopic (exact) mass is 452 g/mol. The van der Waals surface area contributed by atoms with E-state index in [-0.39, 0.29) is 12.1 Å². The zero-order chi connectivity index (χ0) is 23.1. The van der Waals surface area contributed by atoms with E-state index in [4.69, 9.17) is 12.2 Å². The Morgan fingerprint density at radius 2 is 1.64 bits per heavy atom. The SMILES string of the molecule is Cc1cccc(-n2c(C)cc([C@@H]3[C@@H](c4ccccn4)NC(=S)N3c3ccccc3)c2C)c1C. The van der Waals surface area contributed by atoms with Gasteiger partial charge in [0.25, 0.3) is 0 Å². The van der Waals surface area contributed by atoms with Crippen molar-refractivity contribution in [1.82, 2.24) is 14.9 Å². The largest absolute Gasteiger partial charge is 0.351 e. The Balaban J connectivity index is 1.70. The third-order valence-corrected chi connectivity index (χ3v) is 7.05. The van der Waals surface area contributed by atoms with Crippen LogP contribution in [0.25, 0.3) is 5.69 Å². The van der Waals surface area contributed by atoms with E-state index < -0.39 is 0 Å². The fourth-order valence-electron chi connectivity index (χ4n) is 4.97. The van der Waals surface area contributed by atoms with Gasteiger partial charge in [0, 0.05) is 29.0 Å². The third-order valence-electron chi connectivity index (χ3n) is 6.74. The number of benzene rings is 2. The number of hydrogen-bond donors (Lipinski definition) is 1. The molecule has 1 N–H and O–H groups in total. The van der Waals surface area contributed by atoms with Crippen molar-refractivity contribution in [3.63, 3.8) is 0 Å². The van der Waals surface area contributed by atoms with Crippen molar-refractivity contribution in [1.29, 1.82) is 0 Å². The van der Waals surface area contributed by atoms with E-state index in [1.165, 1.54) is 33.8 Å². The highest BCUT2D eigenvalue weighted by atomic mass is 32.1. The normalized spacial score (nSPS) is 17.9. The Kier molecular flexibility index (Phi) is 5.51. The summed E-state index contributed by atoms with van der Waals surface area (Å²) >= 11 is 5.87. The number of hydrogen-bond acceptors (Lipinski definition) is 2. The third kappa shape index (κ3) is 3.62. The Bertz CT molecular complexity index is 1310. The van der Waals surface area contributed by atoms with Crippen molar-refractivity contribution < 1.29 is 0 Å². The summed E-state index contributed by atoms with van der Waals surface area (Å²) in [4.78, 5) is 6.93. The molecular weight excluding hydrogens is 424 g/mol. The summed E-state index contributed by atoms with van der Waals surface area (Å²) in [5.41, 5.74) is 9.57. The van der Waals surface area contributed by atoms with Gasteiger partial charge in [0.1, 0.15) is 0 Å². The zero-order valence-electron chi connectivity index (χ0n) is 19.4. The van der Waals surface area contributed by atoms with Gasteiger partial charge in [-0.2, -0.15) is 0 Å². The summed E-state index contributed by atoms with van der Waals surface area (Å²) in [6.07, 6.45) is 1.85. The predicted octanol–water partition coefficient (Wildman–Crippen LogP) is 6.28. The average Bonchev–Trinajstić information content (AvgIpc) is 3.32. The highest BCUT2D eigenvalue weighted by Crippen LogP contribution is 2.43. The van der Waals surface area contributed by atoms with Crippen LogP contribution in [0.1, 0.15) is 45.9 Å². The first kappa shape index (κ1) is 21.4. The average molecular weight is 453 g/mol. The molecule has 0 aliphatic carbocycles. The highest BCUT2D eigenvalue weighted by Gasteiger charge is 2.42. The second-order valence-electron chi connectivity index (χ2n) is 8.71. The molecule has 4 aromatic rings. The van der Waals surface area contributed by atoms with Crippen LogP contribution in [0, 0.1) is 27.7 Å². The van der Waals surface area contributed by atoms with Gasteiger partial charge < -0.3 is 14.8 Å². The molecule has 0 unspecified atom stereocenters. The lowest BCUT2D eigenvalue weighted by Crippen LogP contribution is -2.29. The number of aryl methyl sites for hydroxylation is 2. The molecular formula is C28H28N4S. The van der Waals surface area contributed by atoms with Crippen molar-refractivity contribution in [3.05, 3.63) is 113 Å². The zero-order valence-corrected chi connectivity index (χ0v) is 20.2. The van der Waals surface area contributed by atoms with Gasteiger partial charge in [-0.15, -0.1) is 0 Å². The molecule has 0 spiro atoms. The first-order chi connectivity index (χ1) is 16.0. The summed E-state index contributed by atoms with van der Waals surface area (Å²) in [5.74, 6) is 0. The molecule has 2 atom stereocenters. The molecule has 5 heteroatoms. The van der Waals surface area contributed by atoms with Crippen LogP contribution in [0.3, 0.4) is 0 Å². The summed E-state index contributed by atoms with van der Waals surface area (Å²) in [6.45, 7) is 8.76. The van der Waals surface area contributed by atoms with Crippen LogP contribution in [0.15, 0.2) is 79.0 Å². The topological polar surface area (TPSA) is 33.1 Å². The van der Waals surface area contributed by atoms with Crippen molar-refractivity contribution in [2.24, 2.45) is 0 Å². The molecule has 33 heavy (non-hydrogen) atoms. The summed E-state index contributed by atoms with van der Waals surface area (Å²) in [7, 11) is 0. The Hall–Kier alpha value is -3.44. The van der Waals surface area contributed by atoms with Crippen LogP contribution < -0.4 is 10.2 Å². The fraction of sp³-hybridized carbons (Fsp3) is 0.214. The first-order valence-corrected chi connectivity index (χ1v) is 11.7. The maximum atomic E-state index is 5.87. The Morgan fingerprint density at radius 1 is 0.879 bits per heavy atom. The quantitative estimate of drug-likeness (QED) is 0.369. The standard InChI is InChI=1S/C28H28N4S/c1-18-11-10-15-25(20(18)3)31-19(2)17-23(21(31)4)27-26(24-14-8-9-16-29-24)30-28(33)32(27)22-12-6-5-7-13-22/h5-17,26-27H,1-4H3,(H,30,33)/t26-,27-/m1/s1. The van der Waals surface area contributed by atoms with Crippen LogP contribution in [0.5, 0.6) is 0 Å². The van der Waals surface area contributed by atoms with Gasteiger partial charge in [-0.05, 0) is 93.0 Å². The number of aromatic nitrogens is 2. The predicted molar refractivity (Wildman–Crippen MR) is 139 cm³/mol. The number of pyridine rings is 1. The van der Waals surface area contributed by atoms with E-state index in [9.17, 15) is 0 Å². The molecule has 0 bridgehead atoms. The minimum atomic E-state index is -0.0496. The maximum Gasteiger partial charge on any atom is 0.174 e. The molecule has 166 valence electrons. The number of anilines is 1. The summed E-state index contributed by atoms with van der Waals surface area (Å²) < 4.78 is 2.37. The van der Waals surface area contributed by atoms with Crippen molar-refractivity contribution in [2.75, 3.05) is 4.90 Å². The number of para-hydroxylation sites is 1. The molecule has 2 aromatic carbocycles. The molecule has 2 aromatic heterocycles. The van der Waals surface area contributed by atoms with Crippen LogP contribution in [0.2, 0.25) is 0 Å². The Morgan fingerprint density at radius 3 is 2.36 bits per heavy atom. The molecule has 0 saturated carbocycles. The summed E-state index contributed by atoms with van der Waals surface area (Å²) in [6, 6.07) is 25.2. The molecule has 3 heterocycles. The lowest BCUT2D eigenvalue weighted by molar-refractivity contribution is 0.565. The molecule has 5 rings (SSSR count). The second kappa shape index (κ2) is 8.49. The van der Waals surface area contributed by atoms with E-state index in [2.05, 4.69) is 102 Å². The Labute approximate surface area is 200 Å². The van der Waals surface area contributed by atoms with Crippen molar-refractivity contribution in [2.45, 2.75) is 39.8 Å². The van der Waals surface area contributed by atoms with E-state index in [1.807, 2.05) is 24.4 Å². The van der Waals surface area contributed by atoms with Gasteiger partial charge in [0.15, 0.2) is 5.11 Å². The molecule has 1 fully saturated rings. The van der Waals surface area contributed by atoms with Gasteiger partial charge >= 0.3 is 0 Å². The lowest BCUT2D eigenvalue weighted by atomic mass is 9.96. The molecule has 1 aliphatic rings. The second-order valence-corrected chi connectivity index (χ2v) is 9.10. The molecule has 1 aliphatic heterocycles. The molecule has 0 radical (unpaired) electrons.